The van der Waals surface area contributed by atoms with Crippen molar-refractivity contribution >= 4 is 27.8 Å². The van der Waals surface area contributed by atoms with Gasteiger partial charge in [-0.25, -0.2) is 13.2 Å². The Hall–Kier alpha value is -2.60. The summed E-state index contributed by atoms with van der Waals surface area (Å²) in [6, 6.07) is 10.1. The first kappa shape index (κ1) is 18.7. The van der Waals surface area contributed by atoms with Crippen molar-refractivity contribution < 1.29 is 17.9 Å². The molecule has 0 unspecified atom stereocenters. The van der Waals surface area contributed by atoms with Crippen molar-refractivity contribution in [2.24, 2.45) is 0 Å². The molecule has 2 rings (SSSR count). The number of anilines is 1. The number of carbonyl (C=O) groups is 1. The minimum Gasteiger partial charge on any atom is -0.465 e. The quantitative estimate of drug-likeness (QED) is 0.824. The molecule has 5 nitrogen and oxygen atoms in total. The van der Waals surface area contributed by atoms with E-state index in [9.17, 15) is 13.2 Å². The number of rotatable bonds is 5. The van der Waals surface area contributed by atoms with E-state index >= 15 is 0 Å². The molecule has 0 saturated heterocycles. The molecule has 0 aromatic heterocycles. The van der Waals surface area contributed by atoms with Gasteiger partial charge in [0.2, 0.25) is 0 Å². The van der Waals surface area contributed by atoms with Crippen LogP contribution in [0.1, 0.15) is 32.6 Å². The molecule has 0 amide bonds. The van der Waals surface area contributed by atoms with E-state index in [0.717, 1.165) is 27.7 Å². The van der Waals surface area contributed by atoms with E-state index in [4.69, 9.17) is 0 Å². The maximum Gasteiger partial charge on any atom is 0.337 e. The Labute approximate surface area is 148 Å². The minimum absolute atomic E-state index is 0.354. The standard InChI is InChI=1S/C19H21NO4S/c1-13-11-14(2)18(15(3)12-13)9-10-25(22,23)20-17-7-5-16(6-8-17)19(21)24-4/h5-12,20H,1-4H3. The highest BCUT2D eigenvalue weighted by Crippen LogP contribution is 2.19. The van der Waals surface area contributed by atoms with Crippen molar-refractivity contribution in [1.29, 1.82) is 0 Å². The van der Waals surface area contributed by atoms with Gasteiger partial charge in [0.05, 0.1) is 18.1 Å². The summed E-state index contributed by atoms with van der Waals surface area (Å²) in [7, 11) is -2.37. The van der Waals surface area contributed by atoms with Crippen molar-refractivity contribution in [3.8, 4) is 0 Å². The van der Waals surface area contributed by atoms with Gasteiger partial charge < -0.3 is 4.74 Å². The Bertz CT molecular complexity index is 890. The summed E-state index contributed by atoms with van der Waals surface area (Å²) in [5.74, 6) is -0.473. The highest BCUT2D eigenvalue weighted by atomic mass is 32.2. The number of aryl methyl sites for hydroxylation is 3. The fraction of sp³-hybridized carbons (Fsp3) is 0.211. The van der Waals surface area contributed by atoms with Crippen LogP contribution in [0.5, 0.6) is 0 Å². The van der Waals surface area contributed by atoms with E-state index in [0.29, 0.717) is 11.3 Å². The fourth-order valence-corrected chi connectivity index (χ4v) is 3.45. The summed E-state index contributed by atoms with van der Waals surface area (Å²) >= 11 is 0. The number of ether oxygens (including phenoxy) is 1. The number of benzene rings is 2. The summed E-state index contributed by atoms with van der Waals surface area (Å²) in [5, 5.41) is 1.14. The van der Waals surface area contributed by atoms with Gasteiger partial charge in [-0.05, 0) is 67.8 Å². The van der Waals surface area contributed by atoms with E-state index in [1.807, 2.05) is 32.9 Å². The third kappa shape index (κ3) is 4.93. The molecule has 2 aromatic carbocycles. The van der Waals surface area contributed by atoms with Crippen LogP contribution in [0.15, 0.2) is 41.8 Å². The summed E-state index contributed by atoms with van der Waals surface area (Å²) in [4.78, 5) is 11.4. The largest absolute Gasteiger partial charge is 0.465 e. The molecular weight excluding hydrogens is 338 g/mol. The summed E-state index contributed by atoms with van der Waals surface area (Å²) in [6.07, 6.45) is 1.59. The second kappa shape index (κ2) is 7.53. The van der Waals surface area contributed by atoms with Gasteiger partial charge in [-0.3, -0.25) is 4.72 Å². The lowest BCUT2D eigenvalue weighted by Gasteiger charge is -2.08. The molecule has 25 heavy (non-hydrogen) atoms. The molecule has 0 aliphatic rings. The smallest absolute Gasteiger partial charge is 0.337 e. The number of carbonyl (C=O) groups excluding carboxylic acids is 1. The first-order valence-corrected chi connectivity index (χ1v) is 9.23. The normalized spacial score (nSPS) is 11.5. The Morgan fingerprint density at radius 2 is 1.60 bits per heavy atom. The van der Waals surface area contributed by atoms with Crippen molar-refractivity contribution in [3.05, 3.63) is 69.6 Å². The number of nitrogens with one attached hydrogen (secondary N) is 1. The molecule has 0 spiro atoms. The van der Waals surface area contributed by atoms with Crippen LogP contribution in [-0.4, -0.2) is 21.5 Å². The zero-order valence-corrected chi connectivity index (χ0v) is 15.5. The molecule has 0 radical (unpaired) electrons. The van der Waals surface area contributed by atoms with Gasteiger partial charge in [0, 0.05) is 5.69 Å². The van der Waals surface area contributed by atoms with Crippen molar-refractivity contribution in [1.82, 2.24) is 0 Å². The Balaban J connectivity index is 2.18. The SMILES string of the molecule is COC(=O)c1ccc(NS(=O)(=O)C=Cc2c(C)cc(C)cc2C)cc1. The number of hydrogen-bond acceptors (Lipinski definition) is 4. The number of sulfonamides is 1. The predicted molar refractivity (Wildman–Crippen MR) is 100 cm³/mol. The summed E-state index contributed by atoms with van der Waals surface area (Å²) in [5.41, 5.74) is 4.79. The first-order chi connectivity index (χ1) is 11.7. The topological polar surface area (TPSA) is 72.5 Å². The Morgan fingerprint density at radius 1 is 1.04 bits per heavy atom. The van der Waals surface area contributed by atoms with E-state index < -0.39 is 16.0 Å². The fourth-order valence-electron chi connectivity index (χ4n) is 2.60. The third-order valence-corrected chi connectivity index (χ3v) is 4.73. The van der Waals surface area contributed by atoms with Crippen LogP contribution in [0.25, 0.3) is 6.08 Å². The second-order valence-electron chi connectivity index (χ2n) is 5.83. The first-order valence-electron chi connectivity index (χ1n) is 7.69. The third-order valence-electron chi connectivity index (χ3n) is 3.72. The monoisotopic (exact) mass is 359 g/mol. The van der Waals surface area contributed by atoms with Crippen molar-refractivity contribution in [2.75, 3.05) is 11.8 Å². The zero-order chi connectivity index (χ0) is 18.6. The molecule has 0 saturated carbocycles. The molecule has 132 valence electrons. The zero-order valence-electron chi connectivity index (χ0n) is 14.7. The molecule has 0 heterocycles. The maximum atomic E-state index is 12.2. The molecule has 0 bridgehead atoms. The van der Waals surface area contributed by atoms with Crippen molar-refractivity contribution in [3.63, 3.8) is 0 Å². The highest BCUT2D eigenvalue weighted by molar-refractivity contribution is 7.95. The average molecular weight is 359 g/mol. The van der Waals surface area contributed by atoms with E-state index in [-0.39, 0.29) is 0 Å². The molecular formula is C19H21NO4S. The van der Waals surface area contributed by atoms with Gasteiger partial charge in [-0.2, -0.15) is 0 Å². The number of hydrogen-bond donors (Lipinski definition) is 1. The number of methoxy groups -OCH3 is 1. The van der Waals surface area contributed by atoms with Crippen LogP contribution in [0.2, 0.25) is 0 Å². The Morgan fingerprint density at radius 3 is 2.12 bits per heavy atom. The lowest BCUT2D eigenvalue weighted by Crippen LogP contribution is -2.09. The Kier molecular flexibility index (Phi) is 5.64. The second-order valence-corrected chi connectivity index (χ2v) is 7.40. The molecule has 0 atom stereocenters. The van der Waals surface area contributed by atoms with Crippen LogP contribution in [0, 0.1) is 20.8 Å². The predicted octanol–water partition coefficient (Wildman–Crippen LogP) is 3.81. The van der Waals surface area contributed by atoms with Crippen LogP contribution >= 0.6 is 0 Å². The average Bonchev–Trinajstić information content (AvgIpc) is 2.53. The molecule has 0 fully saturated rings. The van der Waals surface area contributed by atoms with Gasteiger partial charge in [0.15, 0.2) is 0 Å². The summed E-state index contributed by atoms with van der Waals surface area (Å²) in [6.45, 7) is 5.90. The van der Waals surface area contributed by atoms with E-state index in [1.165, 1.54) is 31.4 Å². The molecule has 0 aliphatic carbocycles. The van der Waals surface area contributed by atoms with E-state index in [2.05, 4.69) is 9.46 Å². The van der Waals surface area contributed by atoms with Gasteiger partial charge in [-0.1, -0.05) is 17.7 Å². The van der Waals surface area contributed by atoms with Crippen LogP contribution < -0.4 is 4.72 Å². The van der Waals surface area contributed by atoms with Crippen LogP contribution in [-0.2, 0) is 14.8 Å². The lowest BCUT2D eigenvalue weighted by atomic mass is 10.0. The summed E-state index contributed by atoms with van der Waals surface area (Å²) < 4.78 is 31.6. The minimum atomic E-state index is -3.66. The molecule has 0 aliphatic heterocycles. The van der Waals surface area contributed by atoms with Crippen molar-refractivity contribution in [2.45, 2.75) is 20.8 Å². The van der Waals surface area contributed by atoms with Crippen LogP contribution in [0.3, 0.4) is 0 Å². The van der Waals surface area contributed by atoms with Gasteiger partial charge in [-0.15, -0.1) is 0 Å². The molecule has 1 N–H and O–H groups in total. The molecule has 6 heteroatoms. The number of esters is 1. The van der Waals surface area contributed by atoms with E-state index in [1.54, 1.807) is 6.08 Å². The highest BCUT2D eigenvalue weighted by Gasteiger charge is 2.09. The lowest BCUT2D eigenvalue weighted by molar-refractivity contribution is 0.0601. The van der Waals surface area contributed by atoms with Gasteiger partial charge in [0.1, 0.15) is 0 Å². The molecule has 2 aromatic rings. The van der Waals surface area contributed by atoms with Crippen LogP contribution in [0.4, 0.5) is 5.69 Å². The maximum absolute atomic E-state index is 12.2. The van der Waals surface area contributed by atoms with Gasteiger partial charge in [0.25, 0.3) is 10.0 Å². The van der Waals surface area contributed by atoms with Gasteiger partial charge >= 0.3 is 5.97 Å².